The summed E-state index contributed by atoms with van der Waals surface area (Å²) >= 11 is 0. The molecule has 10 rings (SSSR count). The highest BCUT2D eigenvalue weighted by Crippen LogP contribution is 2.43. The van der Waals surface area contributed by atoms with Gasteiger partial charge in [0.2, 0.25) is 0 Å². The largest absolute Gasteiger partial charge is 0.310 e. The van der Waals surface area contributed by atoms with E-state index < -0.39 is 0 Å². The third-order valence-corrected chi connectivity index (χ3v) is 10.6. The topological polar surface area (TPSA) is 3.24 Å². The average molecular weight is 674 g/mol. The molecule has 1 heteroatoms. The second kappa shape index (κ2) is 13.0. The van der Waals surface area contributed by atoms with Gasteiger partial charge < -0.3 is 4.90 Å². The van der Waals surface area contributed by atoms with E-state index in [0.29, 0.717) is 0 Å². The second-order valence-electron chi connectivity index (χ2n) is 13.7. The molecule has 0 aliphatic carbocycles. The summed E-state index contributed by atoms with van der Waals surface area (Å²) in [6.07, 6.45) is 0. The first kappa shape index (κ1) is 30.8. The lowest BCUT2D eigenvalue weighted by atomic mass is 9.94. The Hall–Kier alpha value is -6.96. The van der Waals surface area contributed by atoms with Crippen molar-refractivity contribution in [3.05, 3.63) is 212 Å². The van der Waals surface area contributed by atoms with Crippen LogP contribution in [0, 0.1) is 0 Å². The van der Waals surface area contributed by atoms with Gasteiger partial charge in [-0.05, 0) is 107 Å². The third kappa shape index (κ3) is 5.51. The minimum absolute atomic E-state index is 1.10. The van der Waals surface area contributed by atoms with E-state index in [0.717, 1.165) is 17.1 Å². The lowest BCUT2D eigenvalue weighted by molar-refractivity contribution is 1.28. The maximum absolute atomic E-state index is 2.40. The van der Waals surface area contributed by atoms with Gasteiger partial charge in [0, 0.05) is 16.9 Å². The molecule has 0 aliphatic rings. The fourth-order valence-corrected chi connectivity index (χ4v) is 8.04. The Kier molecular flexibility index (Phi) is 7.55. The maximum Gasteiger partial charge on any atom is 0.0540 e. The molecule has 0 atom stereocenters. The molecule has 0 bridgehead atoms. The lowest BCUT2D eigenvalue weighted by Gasteiger charge is -2.28. The van der Waals surface area contributed by atoms with Crippen molar-refractivity contribution in [1.82, 2.24) is 0 Å². The van der Waals surface area contributed by atoms with E-state index in [1.54, 1.807) is 0 Å². The Labute approximate surface area is 309 Å². The van der Waals surface area contributed by atoms with Crippen LogP contribution in [0.3, 0.4) is 0 Å². The van der Waals surface area contributed by atoms with Crippen molar-refractivity contribution < 1.29 is 0 Å². The standard InChI is InChI=1S/C52H35N/c1-2-11-36(12-3-1)37-25-30-44(31-26-37)53(51-20-9-8-18-50(51)49-19-10-15-39-13-4-6-16-46(39)49)45-32-27-38(28-33-45)42-29-34-48-43(35-42)24-23-41-22-21-40-14-5-7-17-47(40)52(41)48/h1-35H. The molecule has 10 aromatic rings. The van der Waals surface area contributed by atoms with E-state index in [-0.39, 0.29) is 0 Å². The predicted octanol–water partition coefficient (Wildman–Crippen LogP) is 14.8. The van der Waals surface area contributed by atoms with Gasteiger partial charge in [0.25, 0.3) is 0 Å². The minimum atomic E-state index is 1.10. The van der Waals surface area contributed by atoms with Gasteiger partial charge >= 0.3 is 0 Å². The van der Waals surface area contributed by atoms with Crippen molar-refractivity contribution in [3.8, 4) is 33.4 Å². The summed E-state index contributed by atoms with van der Waals surface area (Å²) in [6, 6.07) is 77.2. The van der Waals surface area contributed by atoms with Crippen LogP contribution in [0.4, 0.5) is 17.1 Å². The third-order valence-electron chi connectivity index (χ3n) is 10.6. The summed E-state index contributed by atoms with van der Waals surface area (Å²) in [5.41, 5.74) is 10.6. The smallest absolute Gasteiger partial charge is 0.0540 e. The summed E-state index contributed by atoms with van der Waals surface area (Å²) in [7, 11) is 0. The van der Waals surface area contributed by atoms with Gasteiger partial charge in [-0.25, -0.2) is 0 Å². The van der Waals surface area contributed by atoms with E-state index in [1.165, 1.54) is 76.5 Å². The lowest BCUT2D eigenvalue weighted by Crippen LogP contribution is -2.11. The number of para-hydroxylation sites is 1. The number of nitrogens with zero attached hydrogens (tertiary/aromatic N) is 1. The molecule has 0 heterocycles. The van der Waals surface area contributed by atoms with Crippen molar-refractivity contribution in [1.29, 1.82) is 0 Å². The molecule has 0 amide bonds. The van der Waals surface area contributed by atoms with Gasteiger partial charge in [-0.15, -0.1) is 0 Å². The zero-order chi connectivity index (χ0) is 35.1. The molecule has 10 aromatic carbocycles. The van der Waals surface area contributed by atoms with Crippen LogP contribution in [0.1, 0.15) is 0 Å². The summed E-state index contributed by atoms with van der Waals surface area (Å²) in [5, 5.41) is 10.2. The van der Waals surface area contributed by atoms with E-state index in [9.17, 15) is 0 Å². The fraction of sp³-hybridized carbons (Fsp3) is 0. The zero-order valence-electron chi connectivity index (χ0n) is 29.2. The van der Waals surface area contributed by atoms with Gasteiger partial charge in [-0.2, -0.15) is 0 Å². The SMILES string of the molecule is c1ccc(-c2ccc(N(c3ccc(-c4ccc5c(ccc6ccc7ccccc7c65)c4)cc3)c3ccccc3-c3cccc4ccccc34)cc2)cc1. The van der Waals surface area contributed by atoms with E-state index in [1.807, 2.05) is 0 Å². The van der Waals surface area contributed by atoms with E-state index in [2.05, 4.69) is 217 Å². The summed E-state index contributed by atoms with van der Waals surface area (Å²) < 4.78 is 0. The van der Waals surface area contributed by atoms with Crippen molar-refractivity contribution in [2.45, 2.75) is 0 Å². The first-order chi connectivity index (χ1) is 26.3. The molecular formula is C52H35N. The van der Waals surface area contributed by atoms with Crippen LogP contribution in [0.5, 0.6) is 0 Å². The van der Waals surface area contributed by atoms with Gasteiger partial charge in [0.05, 0.1) is 5.69 Å². The van der Waals surface area contributed by atoms with Gasteiger partial charge in [-0.1, -0.05) is 176 Å². The van der Waals surface area contributed by atoms with Crippen LogP contribution in [0.25, 0.3) is 76.5 Å². The summed E-state index contributed by atoms with van der Waals surface area (Å²) in [5.74, 6) is 0. The summed E-state index contributed by atoms with van der Waals surface area (Å²) in [4.78, 5) is 2.40. The van der Waals surface area contributed by atoms with Crippen molar-refractivity contribution in [2.24, 2.45) is 0 Å². The van der Waals surface area contributed by atoms with Crippen LogP contribution in [-0.4, -0.2) is 0 Å². The monoisotopic (exact) mass is 673 g/mol. The molecule has 0 aliphatic heterocycles. The number of hydrogen-bond acceptors (Lipinski definition) is 1. The number of fused-ring (bicyclic) bond motifs is 6. The van der Waals surface area contributed by atoms with E-state index >= 15 is 0 Å². The molecule has 0 unspecified atom stereocenters. The molecule has 0 radical (unpaired) electrons. The van der Waals surface area contributed by atoms with Gasteiger partial charge in [0.1, 0.15) is 0 Å². The Morgan fingerprint density at radius 1 is 0.264 bits per heavy atom. The van der Waals surface area contributed by atoms with Crippen LogP contribution < -0.4 is 4.90 Å². The number of anilines is 3. The highest BCUT2D eigenvalue weighted by atomic mass is 15.1. The molecule has 0 N–H and O–H groups in total. The molecule has 248 valence electrons. The van der Waals surface area contributed by atoms with Crippen molar-refractivity contribution >= 4 is 60.2 Å². The van der Waals surface area contributed by atoms with E-state index in [4.69, 9.17) is 0 Å². The highest BCUT2D eigenvalue weighted by Gasteiger charge is 2.19. The van der Waals surface area contributed by atoms with Crippen molar-refractivity contribution in [2.75, 3.05) is 4.90 Å². The Bertz CT molecular complexity index is 2920. The van der Waals surface area contributed by atoms with Crippen molar-refractivity contribution in [3.63, 3.8) is 0 Å². The molecule has 0 saturated carbocycles. The Morgan fingerprint density at radius 2 is 0.755 bits per heavy atom. The minimum Gasteiger partial charge on any atom is -0.310 e. The van der Waals surface area contributed by atoms with Crippen LogP contribution in [-0.2, 0) is 0 Å². The molecule has 53 heavy (non-hydrogen) atoms. The summed E-state index contributed by atoms with van der Waals surface area (Å²) in [6.45, 7) is 0. The number of hydrogen-bond donors (Lipinski definition) is 0. The molecule has 0 aromatic heterocycles. The van der Waals surface area contributed by atoms with Gasteiger partial charge in [-0.3, -0.25) is 0 Å². The van der Waals surface area contributed by atoms with Crippen LogP contribution >= 0.6 is 0 Å². The second-order valence-corrected chi connectivity index (χ2v) is 13.7. The van der Waals surface area contributed by atoms with Crippen LogP contribution in [0.15, 0.2) is 212 Å². The maximum atomic E-state index is 2.40. The number of benzene rings is 10. The molecule has 0 saturated heterocycles. The molecule has 1 nitrogen and oxygen atoms in total. The Balaban J connectivity index is 1.09. The first-order valence-corrected chi connectivity index (χ1v) is 18.3. The van der Waals surface area contributed by atoms with Crippen LogP contribution in [0.2, 0.25) is 0 Å². The molecule has 0 spiro atoms. The average Bonchev–Trinajstić information content (AvgIpc) is 3.24. The fourth-order valence-electron chi connectivity index (χ4n) is 8.04. The first-order valence-electron chi connectivity index (χ1n) is 18.3. The quantitative estimate of drug-likeness (QED) is 0.159. The zero-order valence-corrected chi connectivity index (χ0v) is 29.2. The van der Waals surface area contributed by atoms with Gasteiger partial charge in [0.15, 0.2) is 0 Å². The number of rotatable bonds is 6. The highest BCUT2D eigenvalue weighted by molar-refractivity contribution is 6.20. The predicted molar refractivity (Wildman–Crippen MR) is 227 cm³/mol. The normalized spacial score (nSPS) is 11.4. The molecular weight excluding hydrogens is 639 g/mol. The Morgan fingerprint density at radius 3 is 1.51 bits per heavy atom. The molecule has 0 fully saturated rings.